The van der Waals surface area contributed by atoms with Gasteiger partial charge in [0.1, 0.15) is 11.5 Å². The largest absolute Gasteiger partial charge is 0.497 e. The first-order valence-electron chi connectivity index (χ1n) is 10.7. The van der Waals surface area contributed by atoms with Gasteiger partial charge >= 0.3 is 0 Å². The third-order valence-electron chi connectivity index (χ3n) is 6.12. The number of amides is 1. The standard InChI is InChI=1S/C24H31N3O3/c1-29-21-9-10-23(30-2)20(16-21)17-25-12-14-26(15-13-25)18-24(28)27-11-5-7-19-6-3-4-8-22(19)27/h3-4,6,8-10,16H,5,7,11-15,17-18H2,1-2H3. The molecule has 2 aliphatic rings. The lowest BCUT2D eigenvalue weighted by atomic mass is 10.0. The van der Waals surface area contributed by atoms with Crippen LogP contribution in [0.1, 0.15) is 17.5 Å². The SMILES string of the molecule is COc1ccc(OC)c(CN2CCN(CC(=O)N3CCCc4ccccc43)CC2)c1. The molecule has 30 heavy (non-hydrogen) atoms. The summed E-state index contributed by atoms with van der Waals surface area (Å²) in [4.78, 5) is 19.7. The summed E-state index contributed by atoms with van der Waals surface area (Å²) < 4.78 is 10.9. The number of piperazine rings is 1. The predicted molar refractivity (Wildman–Crippen MR) is 118 cm³/mol. The first-order valence-corrected chi connectivity index (χ1v) is 10.7. The minimum atomic E-state index is 0.213. The number of nitrogens with zero attached hydrogens (tertiary/aromatic N) is 3. The van der Waals surface area contributed by atoms with E-state index in [1.165, 1.54) is 5.56 Å². The molecule has 2 aromatic carbocycles. The molecule has 2 heterocycles. The van der Waals surface area contributed by atoms with Crippen LogP contribution in [0.3, 0.4) is 0 Å². The highest BCUT2D eigenvalue weighted by Gasteiger charge is 2.26. The summed E-state index contributed by atoms with van der Waals surface area (Å²) in [7, 11) is 3.38. The molecule has 0 saturated carbocycles. The first kappa shape index (κ1) is 20.7. The Labute approximate surface area is 179 Å². The molecule has 0 atom stereocenters. The number of anilines is 1. The second-order valence-electron chi connectivity index (χ2n) is 8.01. The van der Waals surface area contributed by atoms with Gasteiger partial charge in [-0.05, 0) is 42.7 Å². The van der Waals surface area contributed by atoms with Crippen molar-refractivity contribution in [3.05, 3.63) is 53.6 Å². The molecule has 4 rings (SSSR count). The number of rotatable bonds is 6. The number of hydrogen-bond donors (Lipinski definition) is 0. The molecular formula is C24H31N3O3. The van der Waals surface area contributed by atoms with E-state index in [4.69, 9.17) is 9.47 Å². The average Bonchev–Trinajstić information content (AvgIpc) is 2.79. The molecule has 0 aliphatic carbocycles. The highest BCUT2D eigenvalue weighted by atomic mass is 16.5. The van der Waals surface area contributed by atoms with Gasteiger partial charge in [0.15, 0.2) is 0 Å². The van der Waals surface area contributed by atoms with Gasteiger partial charge in [0.05, 0.1) is 20.8 Å². The molecular weight excluding hydrogens is 378 g/mol. The zero-order valence-electron chi connectivity index (χ0n) is 18.0. The Morgan fingerprint density at radius 1 is 0.933 bits per heavy atom. The number of fused-ring (bicyclic) bond motifs is 1. The van der Waals surface area contributed by atoms with Gasteiger partial charge in [0.2, 0.25) is 5.91 Å². The third kappa shape index (κ3) is 4.60. The topological polar surface area (TPSA) is 45.3 Å². The number of carbonyl (C=O) groups excluding carboxylic acids is 1. The van der Waals surface area contributed by atoms with Crippen molar-refractivity contribution in [1.29, 1.82) is 0 Å². The van der Waals surface area contributed by atoms with Crippen LogP contribution >= 0.6 is 0 Å². The summed E-state index contributed by atoms with van der Waals surface area (Å²) >= 11 is 0. The fourth-order valence-corrected chi connectivity index (χ4v) is 4.42. The maximum atomic E-state index is 13.0. The van der Waals surface area contributed by atoms with Crippen LogP contribution in [0.5, 0.6) is 11.5 Å². The Bertz CT molecular complexity index is 878. The number of carbonyl (C=O) groups is 1. The molecule has 0 radical (unpaired) electrons. The average molecular weight is 410 g/mol. The van der Waals surface area contributed by atoms with E-state index in [9.17, 15) is 4.79 Å². The Kier molecular flexibility index (Phi) is 6.55. The Morgan fingerprint density at radius 2 is 1.70 bits per heavy atom. The van der Waals surface area contributed by atoms with E-state index in [1.54, 1.807) is 14.2 Å². The van der Waals surface area contributed by atoms with Crippen molar-refractivity contribution in [2.45, 2.75) is 19.4 Å². The van der Waals surface area contributed by atoms with E-state index in [1.807, 2.05) is 29.2 Å². The lowest BCUT2D eigenvalue weighted by Gasteiger charge is -2.36. The molecule has 2 aromatic rings. The maximum Gasteiger partial charge on any atom is 0.241 e. The van der Waals surface area contributed by atoms with Gasteiger partial charge in [-0.1, -0.05) is 18.2 Å². The maximum absolute atomic E-state index is 13.0. The quantitative estimate of drug-likeness (QED) is 0.734. The number of benzene rings is 2. The molecule has 1 amide bonds. The van der Waals surface area contributed by atoms with Crippen LogP contribution in [0.25, 0.3) is 0 Å². The summed E-state index contributed by atoms with van der Waals surface area (Å²) in [5.74, 6) is 1.94. The highest BCUT2D eigenvalue weighted by molar-refractivity contribution is 5.95. The molecule has 1 fully saturated rings. The van der Waals surface area contributed by atoms with Crippen LogP contribution in [0.2, 0.25) is 0 Å². The molecule has 0 unspecified atom stereocenters. The van der Waals surface area contributed by atoms with Crippen molar-refractivity contribution >= 4 is 11.6 Å². The normalized spacial score (nSPS) is 17.5. The van der Waals surface area contributed by atoms with Gasteiger partial charge in [0.25, 0.3) is 0 Å². The van der Waals surface area contributed by atoms with E-state index in [0.717, 1.165) is 74.9 Å². The van der Waals surface area contributed by atoms with Gasteiger partial charge < -0.3 is 14.4 Å². The zero-order valence-corrected chi connectivity index (χ0v) is 18.0. The smallest absolute Gasteiger partial charge is 0.241 e. The highest BCUT2D eigenvalue weighted by Crippen LogP contribution is 2.27. The predicted octanol–water partition coefficient (Wildman–Crippen LogP) is 2.80. The Morgan fingerprint density at radius 3 is 2.47 bits per heavy atom. The molecule has 2 aliphatic heterocycles. The van der Waals surface area contributed by atoms with Crippen LogP contribution in [-0.4, -0.2) is 69.2 Å². The lowest BCUT2D eigenvalue weighted by molar-refractivity contribution is -0.120. The van der Waals surface area contributed by atoms with Crippen LogP contribution in [0.4, 0.5) is 5.69 Å². The van der Waals surface area contributed by atoms with Crippen molar-refractivity contribution in [2.75, 3.05) is 58.4 Å². The van der Waals surface area contributed by atoms with Crippen LogP contribution in [0, 0.1) is 0 Å². The minimum Gasteiger partial charge on any atom is -0.497 e. The number of para-hydroxylation sites is 1. The number of ether oxygens (including phenoxy) is 2. The fourth-order valence-electron chi connectivity index (χ4n) is 4.42. The molecule has 6 heteroatoms. The molecule has 0 N–H and O–H groups in total. The van der Waals surface area contributed by atoms with Crippen molar-refractivity contribution < 1.29 is 14.3 Å². The van der Waals surface area contributed by atoms with E-state index < -0.39 is 0 Å². The summed E-state index contributed by atoms with van der Waals surface area (Å²) in [5, 5.41) is 0. The first-order chi connectivity index (χ1) is 14.7. The van der Waals surface area contributed by atoms with Gasteiger partial charge in [-0.25, -0.2) is 0 Å². The van der Waals surface area contributed by atoms with Crippen molar-refractivity contribution in [1.82, 2.24) is 9.80 Å². The molecule has 0 aromatic heterocycles. The van der Waals surface area contributed by atoms with Crippen LogP contribution in [-0.2, 0) is 17.8 Å². The molecule has 0 spiro atoms. The fraction of sp³-hybridized carbons (Fsp3) is 0.458. The second-order valence-corrected chi connectivity index (χ2v) is 8.01. The molecule has 6 nitrogen and oxygen atoms in total. The third-order valence-corrected chi connectivity index (χ3v) is 6.12. The van der Waals surface area contributed by atoms with E-state index >= 15 is 0 Å². The van der Waals surface area contributed by atoms with Crippen molar-refractivity contribution in [3.8, 4) is 11.5 Å². The van der Waals surface area contributed by atoms with Gasteiger partial charge in [-0.2, -0.15) is 0 Å². The van der Waals surface area contributed by atoms with E-state index in [0.29, 0.717) is 6.54 Å². The van der Waals surface area contributed by atoms with E-state index in [2.05, 4.69) is 28.0 Å². The summed E-state index contributed by atoms with van der Waals surface area (Å²) in [6, 6.07) is 14.2. The molecule has 160 valence electrons. The van der Waals surface area contributed by atoms with Crippen molar-refractivity contribution in [3.63, 3.8) is 0 Å². The van der Waals surface area contributed by atoms with Crippen LogP contribution < -0.4 is 14.4 Å². The lowest BCUT2D eigenvalue weighted by Crippen LogP contribution is -2.50. The minimum absolute atomic E-state index is 0.213. The number of hydrogen-bond acceptors (Lipinski definition) is 5. The van der Waals surface area contributed by atoms with Gasteiger partial charge in [-0.15, -0.1) is 0 Å². The Balaban J connectivity index is 1.32. The zero-order chi connectivity index (χ0) is 20.9. The summed E-state index contributed by atoms with van der Waals surface area (Å²) in [6.45, 7) is 5.80. The summed E-state index contributed by atoms with van der Waals surface area (Å²) in [5.41, 5.74) is 3.51. The van der Waals surface area contributed by atoms with E-state index in [-0.39, 0.29) is 5.91 Å². The Hall–Kier alpha value is -2.57. The van der Waals surface area contributed by atoms with Crippen LogP contribution in [0.15, 0.2) is 42.5 Å². The molecule has 0 bridgehead atoms. The monoisotopic (exact) mass is 409 g/mol. The summed E-state index contributed by atoms with van der Waals surface area (Å²) in [6.07, 6.45) is 2.10. The van der Waals surface area contributed by atoms with Gasteiger partial charge in [-0.3, -0.25) is 14.6 Å². The van der Waals surface area contributed by atoms with Crippen molar-refractivity contribution in [2.24, 2.45) is 0 Å². The van der Waals surface area contributed by atoms with Gasteiger partial charge in [0, 0.05) is 50.5 Å². The molecule has 1 saturated heterocycles. The number of aryl methyl sites for hydroxylation is 1. The number of methoxy groups -OCH3 is 2. The second kappa shape index (κ2) is 9.49.